The van der Waals surface area contributed by atoms with E-state index in [1.165, 1.54) is 10.9 Å². The van der Waals surface area contributed by atoms with Gasteiger partial charge < -0.3 is 9.84 Å². The van der Waals surface area contributed by atoms with Crippen LogP contribution in [0.25, 0.3) is 0 Å². The van der Waals surface area contributed by atoms with Gasteiger partial charge in [0.1, 0.15) is 5.76 Å². The smallest absolute Gasteiger partial charge is 0.280 e. The van der Waals surface area contributed by atoms with Crippen molar-refractivity contribution in [3.8, 4) is 0 Å². The highest BCUT2D eigenvalue weighted by atomic mass is 16.5. The number of H-pyrrole nitrogens is 1. The van der Waals surface area contributed by atoms with E-state index in [1.807, 2.05) is 0 Å². The molecule has 0 radical (unpaired) electrons. The number of aromatic amines is 1. The van der Waals surface area contributed by atoms with Gasteiger partial charge in [0.05, 0.1) is 13.1 Å². The molecule has 0 aliphatic carbocycles. The SMILES string of the molecule is Cn1nnc([C@H]2C[C@H](c3cc(=O)[nH]o3)CCN2)n1. The lowest BCUT2D eigenvalue weighted by Crippen LogP contribution is -2.31. The minimum atomic E-state index is -0.197. The minimum absolute atomic E-state index is 0.0534. The Labute approximate surface area is 102 Å². The third-order valence-electron chi connectivity index (χ3n) is 3.18. The maximum absolute atomic E-state index is 11.1. The summed E-state index contributed by atoms with van der Waals surface area (Å²) in [6.07, 6.45) is 1.73. The molecule has 2 aromatic heterocycles. The van der Waals surface area contributed by atoms with E-state index in [1.54, 1.807) is 7.05 Å². The third-order valence-corrected chi connectivity index (χ3v) is 3.18. The fourth-order valence-electron chi connectivity index (χ4n) is 2.31. The Morgan fingerprint density at radius 2 is 2.44 bits per heavy atom. The van der Waals surface area contributed by atoms with Crippen molar-refractivity contribution in [3.63, 3.8) is 0 Å². The van der Waals surface area contributed by atoms with Crippen molar-refractivity contribution in [2.45, 2.75) is 24.8 Å². The summed E-state index contributed by atoms with van der Waals surface area (Å²) in [5.41, 5.74) is -0.197. The molecule has 2 aromatic rings. The number of aryl methyl sites for hydroxylation is 1. The molecule has 1 fully saturated rings. The summed E-state index contributed by atoms with van der Waals surface area (Å²) in [6.45, 7) is 0.836. The molecule has 1 aliphatic heterocycles. The summed E-state index contributed by atoms with van der Waals surface area (Å²) in [5.74, 6) is 1.59. The lowest BCUT2D eigenvalue weighted by molar-refractivity contribution is 0.290. The second-order valence-corrected chi connectivity index (χ2v) is 4.48. The molecule has 2 N–H and O–H groups in total. The van der Waals surface area contributed by atoms with Crippen molar-refractivity contribution >= 4 is 0 Å². The molecule has 0 spiro atoms. The van der Waals surface area contributed by atoms with Crippen LogP contribution in [-0.4, -0.2) is 31.9 Å². The number of aromatic nitrogens is 5. The first-order chi connectivity index (χ1) is 8.72. The van der Waals surface area contributed by atoms with E-state index in [9.17, 15) is 4.79 Å². The molecule has 2 atom stereocenters. The number of hydrogen-bond donors (Lipinski definition) is 2. The molecule has 0 aromatic carbocycles. The highest BCUT2D eigenvalue weighted by molar-refractivity contribution is 5.07. The van der Waals surface area contributed by atoms with Crippen LogP contribution in [0.1, 0.15) is 36.4 Å². The minimum Gasteiger partial charge on any atom is -0.383 e. The van der Waals surface area contributed by atoms with Crippen LogP contribution in [-0.2, 0) is 7.05 Å². The molecule has 3 rings (SSSR count). The Kier molecular flexibility index (Phi) is 2.71. The first-order valence-corrected chi connectivity index (χ1v) is 5.88. The molecule has 18 heavy (non-hydrogen) atoms. The van der Waals surface area contributed by atoms with Gasteiger partial charge in [-0.3, -0.25) is 4.79 Å². The van der Waals surface area contributed by atoms with Crippen molar-refractivity contribution < 1.29 is 4.52 Å². The Morgan fingerprint density at radius 1 is 1.56 bits per heavy atom. The summed E-state index contributed by atoms with van der Waals surface area (Å²) in [5, 5.41) is 17.7. The zero-order valence-electron chi connectivity index (χ0n) is 9.96. The average Bonchev–Trinajstić information content (AvgIpc) is 2.98. The quantitative estimate of drug-likeness (QED) is 0.758. The second kappa shape index (κ2) is 4.37. The maximum atomic E-state index is 11.1. The van der Waals surface area contributed by atoms with Gasteiger partial charge in [-0.25, -0.2) is 0 Å². The summed E-state index contributed by atoms with van der Waals surface area (Å²) >= 11 is 0. The van der Waals surface area contributed by atoms with Crippen LogP contribution in [0.4, 0.5) is 0 Å². The van der Waals surface area contributed by atoms with Gasteiger partial charge in [-0.15, -0.1) is 10.2 Å². The zero-order valence-corrected chi connectivity index (χ0v) is 9.96. The normalized spacial score (nSPS) is 24.3. The van der Waals surface area contributed by atoms with Crippen molar-refractivity contribution in [2.75, 3.05) is 6.54 Å². The van der Waals surface area contributed by atoms with Crippen LogP contribution in [0.5, 0.6) is 0 Å². The predicted molar refractivity (Wildman–Crippen MR) is 60.8 cm³/mol. The second-order valence-electron chi connectivity index (χ2n) is 4.48. The molecular formula is C10H14N6O2. The van der Waals surface area contributed by atoms with E-state index in [4.69, 9.17) is 4.52 Å². The molecule has 8 nitrogen and oxygen atoms in total. The summed E-state index contributed by atoms with van der Waals surface area (Å²) in [4.78, 5) is 12.5. The van der Waals surface area contributed by atoms with Gasteiger partial charge in [-0.05, 0) is 24.6 Å². The van der Waals surface area contributed by atoms with E-state index in [0.717, 1.165) is 19.4 Å². The molecule has 0 saturated carbocycles. The van der Waals surface area contributed by atoms with Crippen molar-refractivity contribution in [2.24, 2.45) is 7.05 Å². The van der Waals surface area contributed by atoms with Gasteiger partial charge >= 0.3 is 0 Å². The summed E-state index contributed by atoms with van der Waals surface area (Å²) < 4.78 is 5.17. The zero-order chi connectivity index (χ0) is 12.5. The van der Waals surface area contributed by atoms with Crippen molar-refractivity contribution in [1.29, 1.82) is 0 Å². The van der Waals surface area contributed by atoms with Crippen LogP contribution in [0.15, 0.2) is 15.4 Å². The number of rotatable bonds is 2. The largest absolute Gasteiger partial charge is 0.383 e. The van der Waals surface area contributed by atoms with E-state index in [2.05, 4.69) is 25.9 Å². The first kappa shape index (κ1) is 11.1. The number of piperidine rings is 1. The molecule has 0 amide bonds. The fraction of sp³-hybridized carbons (Fsp3) is 0.600. The monoisotopic (exact) mass is 250 g/mol. The van der Waals surface area contributed by atoms with Gasteiger partial charge in [-0.1, -0.05) is 0 Å². The maximum Gasteiger partial charge on any atom is 0.280 e. The van der Waals surface area contributed by atoms with Gasteiger partial charge in [0.2, 0.25) is 0 Å². The van der Waals surface area contributed by atoms with Gasteiger partial charge in [0, 0.05) is 12.0 Å². The molecule has 3 heterocycles. The number of nitrogens with one attached hydrogen (secondary N) is 2. The molecule has 1 saturated heterocycles. The van der Waals surface area contributed by atoms with Crippen LogP contribution >= 0.6 is 0 Å². The lowest BCUT2D eigenvalue weighted by atomic mass is 9.90. The van der Waals surface area contributed by atoms with Crippen LogP contribution < -0.4 is 10.9 Å². The molecule has 1 aliphatic rings. The predicted octanol–water partition coefficient (Wildman–Crippen LogP) is -0.300. The van der Waals surface area contributed by atoms with Gasteiger partial charge in [0.25, 0.3) is 5.56 Å². The molecule has 96 valence electrons. The average molecular weight is 250 g/mol. The topological polar surface area (TPSA) is 102 Å². The van der Waals surface area contributed by atoms with Gasteiger partial charge in [0.15, 0.2) is 5.82 Å². The summed E-state index contributed by atoms with van der Waals surface area (Å²) in [6, 6.07) is 1.56. The molecule has 0 unspecified atom stereocenters. The number of nitrogens with zero attached hydrogens (tertiary/aromatic N) is 4. The van der Waals surface area contributed by atoms with E-state index >= 15 is 0 Å². The first-order valence-electron chi connectivity index (χ1n) is 5.88. The third kappa shape index (κ3) is 2.06. The van der Waals surface area contributed by atoms with E-state index in [0.29, 0.717) is 11.6 Å². The van der Waals surface area contributed by atoms with E-state index in [-0.39, 0.29) is 17.5 Å². The highest BCUT2D eigenvalue weighted by Gasteiger charge is 2.28. The van der Waals surface area contributed by atoms with Crippen LogP contribution in [0.2, 0.25) is 0 Å². The highest BCUT2D eigenvalue weighted by Crippen LogP contribution is 2.31. The molecular weight excluding hydrogens is 236 g/mol. The Hall–Kier alpha value is -1.96. The van der Waals surface area contributed by atoms with E-state index < -0.39 is 0 Å². The lowest BCUT2D eigenvalue weighted by Gasteiger charge is -2.26. The Bertz CT molecular complexity index is 585. The molecule has 8 heteroatoms. The number of hydrogen-bond acceptors (Lipinski definition) is 6. The fourth-order valence-corrected chi connectivity index (χ4v) is 2.31. The van der Waals surface area contributed by atoms with Crippen molar-refractivity contribution in [3.05, 3.63) is 28.0 Å². The van der Waals surface area contributed by atoms with Gasteiger partial charge in [-0.2, -0.15) is 9.95 Å². The van der Waals surface area contributed by atoms with Crippen molar-refractivity contribution in [1.82, 2.24) is 30.7 Å². The Morgan fingerprint density at radius 3 is 3.11 bits per heavy atom. The molecule has 0 bridgehead atoms. The standard InChI is InChI=1S/C10H14N6O2/c1-16-13-10(12-15-16)7-4-6(2-3-11-7)8-5-9(17)14-18-8/h5-7,11H,2-4H2,1H3,(H,14,17)/t6-,7-/m1/s1. The van der Waals surface area contributed by atoms with Crippen LogP contribution in [0, 0.1) is 0 Å². The van der Waals surface area contributed by atoms with Crippen LogP contribution in [0.3, 0.4) is 0 Å². The Balaban J connectivity index is 1.78. The summed E-state index contributed by atoms with van der Waals surface area (Å²) in [7, 11) is 1.74. The number of tetrazole rings is 1.